The first kappa shape index (κ1) is 26.5. The van der Waals surface area contributed by atoms with Gasteiger partial charge in [-0.2, -0.15) is 10.2 Å². The van der Waals surface area contributed by atoms with Crippen LogP contribution in [-0.2, 0) is 0 Å². The van der Waals surface area contributed by atoms with E-state index in [-0.39, 0.29) is 0 Å². The Balaban J connectivity index is 1.56. The number of anilines is 4. The molecule has 0 aliphatic heterocycles. The summed E-state index contributed by atoms with van der Waals surface area (Å²) in [7, 11) is 1.63. The van der Waals surface area contributed by atoms with Crippen LogP contribution < -0.4 is 20.1 Å². The van der Waals surface area contributed by atoms with E-state index in [4.69, 9.17) is 14.5 Å². The molecule has 194 valence electrons. The fourth-order valence-corrected chi connectivity index (χ4v) is 3.98. The Kier molecular flexibility index (Phi) is 9.11. The first-order chi connectivity index (χ1) is 18.6. The van der Waals surface area contributed by atoms with Gasteiger partial charge < -0.3 is 25.0 Å². The summed E-state index contributed by atoms with van der Waals surface area (Å²) in [5.74, 6) is 2.51. The Bertz CT molecular complexity index is 1380. The van der Waals surface area contributed by atoms with Crippen molar-refractivity contribution in [2.75, 3.05) is 44.0 Å². The summed E-state index contributed by atoms with van der Waals surface area (Å²) >= 11 is 0. The Morgan fingerprint density at radius 1 is 0.947 bits per heavy atom. The van der Waals surface area contributed by atoms with E-state index in [0.717, 1.165) is 47.9 Å². The lowest BCUT2D eigenvalue weighted by molar-refractivity contribution is 0.223. The summed E-state index contributed by atoms with van der Waals surface area (Å²) in [6.45, 7) is 7.87. The molecular weight excluding hydrogens is 476 g/mol. The van der Waals surface area contributed by atoms with Gasteiger partial charge in [0, 0.05) is 24.0 Å². The molecule has 0 amide bonds. The number of para-hydroxylation sites is 2. The van der Waals surface area contributed by atoms with Gasteiger partial charge in [0.15, 0.2) is 0 Å². The van der Waals surface area contributed by atoms with Gasteiger partial charge in [-0.15, -0.1) is 0 Å². The zero-order chi connectivity index (χ0) is 26.7. The Morgan fingerprint density at radius 3 is 2.47 bits per heavy atom. The first-order valence-corrected chi connectivity index (χ1v) is 12.6. The molecule has 0 bridgehead atoms. The van der Waals surface area contributed by atoms with E-state index in [1.165, 1.54) is 0 Å². The molecule has 0 saturated heterocycles. The van der Waals surface area contributed by atoms with Gasteiger partial charge in [-0.3, -0.25) is 0 Å². The van der Waals surface area contributed by atoms with Crippen LogP contribution in [0, 0.1) is 11.3 Å². The summed E-state index contributed by atoms with van der Waals surface area (Å²) in [4.78, 5) is 11.6. The van der Waals surface area contributed by atoms with E-state index < -0.39 is 0 Å². The minimum Gasteiger partial charge on any atom is -0.495 e. The highest BCUT2D eigenvalue weighted by molar-refractivity contribution is 5.80. The number of nitrogens with one attached hydrogen (secondary N) is 2. The molecule has 2 N–H and O–H groups in total. The molecule has 4 rings (SSSR count). The molecule has 0 radical (unpaired) electrons. The quantitative estimate of drug-likeness (QED) is 0.232. The van der Waals surface area contributed by atoms with Crippen molar-refractivity contribution < 1.29 is 9.47 Å². The van der Waals surface area contributed by atoms with Gasteiger partial charge in [-0.25, -0.2) is 4.98 Å². The van der Waals surface area contributed by atoms with E-state index in [0.29, 0.717) is 29.7 Å². The number of nitrogens with zero attached hydrogens (tertiary/aromatic N) is 4. The van der Waals surface area contributed by atoms with Crippen molar-refractivity contribution in [1.82, 2.24) is 14.9 Å². The lowest BCUT2D eigenvalue weighted by Gasteiger charge is -2.18. The number of hydrogen-bond donors (Lipinski definition) is 2. The van der Waals surface area contributed by atoms with Gasteiger partial charge in [0.25, 0.3) is 0 Å². The number of nitriles is 1. The van der Waals surface area contributed by atoms with Crippen molar-refractivity contribution in [3.8, 4) is 28.7 Å². The molecule has 0 fully saturated rings. The van der Waals surface area contributed by atoms with Gasteiger partial charge in [0.2, 0.25) is 5.95 Å². The van der Waals surface area contributed by atoms with Crippen molar-refractivity contribution >= 4 is 23.1 Å². The summed E-state index contributed by atoms with van der Waals surface area (Å²) in [6, 6.07) is 24.9. The molecular formula is C30H32N6O2. The van der Waals surface area contributed by atoms with Crippen LogP contribution in [0.25, 0.3) is 11.1 Å². The SMILES string of the molecule is CCN(CC)CCOc1ccc(Nc2ncc(-c3cccc(C#N)c3)c(Nc3ccccc3OC)n2)cc1. The maximum absolute atomic E-state index is 9.37. The Labute approximate surface area is 223 Å². The van der Waals surface area contributed by atoms with Crippen LogP contribution in [0.4, 0.5) is 23.1 Å². The van der Waals surface area contributed by atoms with E-state index in [9.17, 15) is 5.26 Å². The second kappa shape index (κ2) is 13.1. The molecule has 0 spiro atoms. The largest absolute Gasteiger partial charge is 0.495 e. The molecule has 1 heterocycles. The van der Waals surface area contributed by atoms with Crippen LogP contribution in [0.3, 0.4) is 0 Å². The summed E-state index contributed by atoms with van der Waals surface area (Å²) in [5.41, 5.74) is 3.76. The number of rotatable bonds is 12. The Hall–Kier alpha value is -4.61. The number of aromatic nitrogens is 2. The molecule has 38 heavy (non-hydrogen) atoms. The van der Waals surface area contributed by atoms with Crippen molar-refractivity contribution in [3.05, 3.63) is 84.6 Å². The number of ether oxygens (including phenoxy) is 2. The predicted octanol–water partition coefficient (Wildman–Crippen LogP) is 6.23. The van der Waals surface area contributed by atoms with Crippen molar-refractivity contribution in [3.63, 3.8) is 0 Å². The summed E-state index contributed by atoms with van der Waals surface area (Å²) < 4.78 is 11.4. The molecule has 8 nitrogen and oxygen atoms in total. The predicted molar refractivity (Wildman–Crippen MR) is 151 cm³/mol. The van der Waals surface area contributed by atoms with Gasteiger partial charge in [-0.05, 0) is 67.2 Å². The highest BCUT2D eigenvalue weighted by Gasteiger charge is 2.13. The third-order valence-electron chi connectivity index (χ3n) is 6.13. The molecule has 0 aliphatic carbocycles. The zero-order valence-electron chi connectivity index (χ0n) is 21.9. The van der Waals surface area contributed by atoms with Crippen LogP contribution in [0.5, 0.6) is 11.5 Å². The van der Waals surface area contributed by atoms with E-state index in [2.05, 4.69) is 40.4 Å². The average Bonchev–Trinajstić information content (AvgIpc) is 2.96. The van der Waals surface area contributed by atoms with E-state index >= 15 is 0 Å². The first-order valence-electron chi connectivity index (χ1n) is 12.6. The third kappa shape index (κ3) is 6.78. The smallest absolute Gasteiger partial charge is 0.229 e. The highest BCUT2D eigenvalue weighted by atomic mass is 16.5. The van der Waals surface area contributed by atoms with E-state index in [1.54, 1.807) is 19.4 Å². The zero-order valence-corrected chi connectivity index (χ0v) is 21.9. The number of hydrogen-bond acceptors (Lipinski definition) is 8. The molecule has 0 aliphatic rings. The molecule has 0 saturated carbocycles. The van der Waals surface area contributed by atoms with E-state index in [1.807, 2.05) is 66.7 Å². The van der Waals surface area contributed by atoms with Crippen LogP contribution >= 0.6 is 0 Å². The van der Waals surface area contributed by atoms with Gasteiger partial charge >= 0.3 is 0 Å². The Morgan fingerprint density at radius 2 is 1.74 bits per heavy atom. The molecule has 8 heteroatoms. The highest BCUT2D eigenvalue weighted by Crippen LogP contribution is 2.33. The third-order valence-corrected chi connectivity index (χ3v) is 6.13. The molecule has 0 atom stereocenters. The lowest BCUT2D eigenvalue weighted by Crippen LogP contribution is -2.27. The minimum atomic E-state index is 0.429. The second-order valence-electron chi connectivity index (χ2n) is 8.50. The monoisotopic (exact) mass is 508 g/mol. The van der Waals surface area contributed by atoms with Gasteiger partial charge in [0.1, 0.15) is 23.9 Å². The fourth-order valence-electron chi connectivity index (χ4n) is 3.98. The number of methoxy groups -OCH3 is 1. The van der Waals surface area contributed by atoms with Crippen molar-refractivity contribution in [2.45, 2.75) is 13.8 Å². The summed E-state index contributed by atoms with van der Waals surface area (Å²) in [5, 5.41) is 16.0. The van der Waals surface area contributed by atoms with Crippen LogP contribution in [0.2, 0.25) is 0 Å². The van der Waals surface area contributed by atoms with Crippen LogP contribution in [0.1, 0.15) is 19.4 Å². The van der Waals surface area contributed by atoms with Crippen LogP contribution in [0.15, 0.2) is 79.0 Å². The molecule has 1 aromatic heterocycles. The van der Waals surface area contributed by atoms with Gasteiger partial charge in [0.05, 0.1) is 24.4 Å². The van der Waals surface area contributed by atoms with Crippen molar-refractivity contribution in [1.29, 1.82) is 5.26 Å². The van der Waals surface area contributed by atoms with Gasteiger partial charge in [-0.1, -0.05) is 38.1 Å². The maximum Gasteiger partial charge on any atom is 0.229 e. The standard InChI is InChI=1S/C30H32N6O2/c1-4-36(5-2)17-18-38-25-15-13-24(14-16-25)33-30-32-21-26(23-10-8-9-22(19-23)20-31)29(35-30)34-27-11-6-7-12-28(27)37-3/h6-16,19,21H,4-5,17-18H2,1-3H3,(H2,32,33,34,35). The number of benzene rings is 3. The number of likely N-dealkylation sites (N-methyl/N-ethyl adjacent to an activating group) is 1. The minimum absolute atomic E-state index is 0.429. The molecule has 0 unspecified atom stereocenters. The van der Waals surface area contributed by atoms with Crippen molar-refractivity contribution in [2.24, 2.45) is 0 Å². The lowest BCUT2D eigenvalue weighted by atomic mass is 10.1. The molecule has 3 aromatic carbocycles. The normalized spacial score (nSPS) is 10.6. The summed E-state index contributed by atoms with van der Waals surface area (Å²) in [6.07, 6.45) is 1.74. The average molecular weight is 509 g/mol. The molecule has 4 aromatic rings. The van der Waals surface area contributed by atoms with Crippen LogP contribution in [-0.4, -0.2) is 48.2 Å². The maximum atomic E-state index is 9.37. The fraction of sp³-hybridized carbons (Fsp3) is 0.233. The topological polar surface area (TPSA) is 95.3 Å². The second-order valence-corrected chi connectivity index (χ2v) is 8.50.